The van der Waals surface area contributed by atoms with E-state index in [1.165, 1.54) is 0 Å². The van der Waals surface area contributed by atoms with Crippen LogP contribution in [0.25, 0.3) is 11.0 Å². The summed E-state index contributed by atoms with van der Waals surface area (Å²) in [6, 6.07) is 7.77. The van der Waals surface area contributed by atoms with Crippen molar-refractivity contribution < 1.29 is 13.2 Å². The van der Waals surface area contributed by atoms with Crippen molar-refractivity contribution >= 4 is 23.3 Å². The molecule has 7 heteroatoms. The first-order chi connectivity index (χ1) is 10.4. The highest BCUT2D eigenvalue weighted by molar-refractivity contribution is 7.71. The summed E-state index contributed by atoms with van der Waals surface area (Å²) < 4.78 is 43.2. The molecule has 2 heterocycles. The van der Waals surface area contributed by atoms with Crippen molar-refractivity contribution in [3.8, 4) is 0 Å². The van der Waals surface area contributed by atoms with E-state index in [2.05, 4.69) is 0 Å². The maximum Gasteiger partial charge on any atom is 0.393 e. The van der Waals surface area contributed by atoms with E-state index in [1.54, 1.807) is 0 Å². The van der Waals surface area contributed by atoms with Gasteiger partial charge in [0.05, 0.1) is 23.6 Å². The number of halogens is 3. The van der Waals surface area contributed by atoms with Crippen LogP contribution < -0.4 is 0 Å². The number of hydrogen-bond donors (Lipinski definition) is 0. The van der Waals surface area contributed by atoms with Gasteiger partial charge in [-0.1, -0.05) is 12.1 Å². The summed E-state index contributed by atoms with van der Waals surface area (Å²) in [5.41, 5.74) is 1.96. The van der Waals surface area contributed by atoms with E-state index in [9.17, 15) is 13.2 Å². The van der Waals surface area contributed by atoms with Gasteiger partial charge < -0.3 is 9.13 Å². The van der Waals surface area contributed by atoms with E-state index < -0.39 is 12.1 Å². The van der Waals surface area contributed by atoms with Crippen molar-refractivity contribution in [2.24, 2.45) is 13.0 Å². The van der Waals surface area contributed by atoms with Crippen LogP contribution >= 0.6 is 12.2 Å². The Bertz CT molecular complexity index is 732. The zero-order valence-corrected chi connectivity index (χ0v) is 13.1. The van der Waals surface area contributed by atoms with Gasteiger partial charge in [0.15, 0.2) is 4.77 Å². The fraction of sp³-hybridized carbons (Fsp3) is 0.533. The molecule has 1 aliphatic rings. The second-order valence-corrected chi connectivity index (χ2v) is 6.22. The molecule has 0 spiro atoms. The molecule has 1 atom stereocenters. The van der Waals surface area contributed by atoms with Gasteiger partial charge in [-0.25, -0.2) is 0 Å². The molecule has 0 bridgehead atoms. The van der Waals surface area contributed by atoms with Crippen molar-refractivity contribution in [3.63, 3.8) is 0 Å². The predicted octanol–water partition coefficient (Wildman–Crippen LogP) is 3.94. The number of para-hydroxylation sites is 2. The third-order valence-corrected chi connectivity index (χ3v) is 4.86. The molecule has 120 valence electrons. The van der Waals surface area contributed by atoms with E-state index >= 15 is 0 Å². The molecule has 1 saturated heterocycles. The number of aryl methyl sites for hydroxylation is 1. The van der Waals surface area contributed by atoms with E-state index in [0.717, 1.165) is 11.0 Å². The van der Waals surface area contributed by atoms with Gasteiger partial charge in [-0.2, -0.15) is 13.2 Å². The van der Waals surface area contributed by atoms with Crippen LogP contribution in [0.15, 0.2) is 24.3 Å². The number of fused-ring (bicyclic) bond motifs is 1. The Morgan fingerprint density at radius 2 is 1.91 bits per heavy atom. The van der Waals surface area contributed by atoms with Crippen LogP contribution in [-0.4, -0.2) is 33.3 Å². The Balaban J connectivity index is 1.88. The molecule has 0 aliphatic carbocycles. The van der Waals surface area contributed by atoms with E-state index in [0.29, 0.717) is 24.4 Å². The highest BCUT2D eigenvalue weighted by Crippen LogP contribution is 2.33. The molecule has 1 aromatic carbocycles. The molecule has 1 fully saturated rings. The molecular weight excluding hydrogens is 311 g/mol. The summed E-state index contributed by atoms with van der Waals surface area (Å²) in [6.07, 6.45) is -3.32. The maximum atomic E-state index is 12.9. The van der Waals surface area contributed by atoms with Gasteiger partial charge in [-0.15, -0.1) is 0 Å². The minimum Gasteiger partial charge on any atom is -0.320 e. The molecule has 3 rings (SSSR count). The van der Waals surface area contributed by atoms with Crippen molar-refractivity contribution in [2.45, 2.75) is 25.7 Å². The first-order valence-electron chi connectivity index (χ1n) is 7.31. The summed E-state index contributed by atoms with van der Waals surface area (Å²) in [5.74, 6) is -1.23. The molecule has 1 aliphatic heterocycles. The average Bonchev–Trinajstić information content (AvgIpc) is 2.72. The molecule has 0 saturated carbocycles. The SMILES string of the molecule is Cn1c(=S)n(CN2CCCC(C(F)(F)F)C2)c2ccccc21. The number of likely N-dealkylation sites (tertiary alicyclic amines) is 1. The zero-order chi connectivity index (χ0) is 15.9. The van der Waals surface area contributed by atoms with Crippen LogP contribution in [0.1, 0.15) is 12.8 Å². The van der Waals surface area contributed by atoms with E-state index in [1.807, 2.05) is 45.3 Å². The van der Waals surface area contributed by atoms with Crippen LogP contribution in [0.3, 0.4) is 0 Å². The number of alkyl halides is 3. The number of piperidine rings is 1. The van der Waals surface area contributed by atoms with Crippen molar-refractivity contribution in [3.05, 3.63) is 29.0 Å². The zero-order valence-electron chi connectivity index (χ0n) is 12.3. The molecule has 0 amide bonds. The first kappa shape index (κ1) is 15.6. The lowest BCUT2D eigenvalue weighted by Crippen LogP contribution is -2.42. The second kappa shape index (κ2) is 5.70. The van der Waals surface area contributed by atoms with Crippen LogP contribution in [0.4, 0.5) is 13.2 Å². The van der Waals surface area contributed by atoms with Crippen molar-refractivity contribution in [1.82, 2.24) is 14.0 Å². The molecule has 1 aromatic heterocycles. The lowest BCUT2D eigenvalue weighted by Gasteiger charge is -2.33. The van der Waals surface area contributed by atoms with Gasteiger partial charge >= 0.3 is 6.18 Å². The van der Waals surface area contributed by atoms with Crippen molar-refractivity contribution in [1.29, 1.82) is 0 Å². The highest BCUT2D eigenvalue weighted by Gasteiger charge is 2.41. The normalized spacial score (nSPS) is 20.6. The minimum absolute atomic E-state index is 0.0501. The summed E-state index contributed by atoms with van der Waals surface area (Å²) in [7, 11) is 1.88. The molecule has 22 heavy (non-hydrogen) atoms. The van der Waals surface area contributed by atoms with Gasteiger partial charge in [0, 0.05) is 13.6 Å². The largest absolute Gasteiger partial charge is 0.393 e. The summed E-state index contributed by atoms with van der Waals surface area (Å²) in [6.45, 7) is 1.14. The van der Waals surface area contributed by atoms with Crippen molar-refractivity contribution in [2.75, 3.05) is 13.1 Å². The molecule has 0 radical (unpaired) electrons. The van der Waals surface area contributed by atoms with Gasteiger partial charge in [0.2, 0.25) is 0 Å². The molecule has 2 aromatic rings. The lowest BCUT2D eigenvalue weighted by molar-refractivity contribution is -0.188. The Hall–Kier alpha value is -1.34. The average molecular weight is 329 g/mol. The van der Waals surface area contributed by atoms with Crippen LogP contribution in [-0.2, 0) is 13.7 Å². The Morgan fingerprint density at radius 3 is 2.59 bits per heavy atom. The third-order valence-electron chi connectivity index (χ3n) is 4.36. The monoisotopic (exact) mass is 329 g/mol. The number of nitrogens with zero attached hydrogens (tertiary/aromatic N) is 3. The summed E-state index contributed by atoms with van der Waals surface area (Å²) in [4.78, 5) is 1.85. The number of rotatable bonds is 2. The van der Waals surface area contributed by atoms with Crippen LogP contribution in [0, 0.1) is 10.7 Å². The van der Waals surface area contributed by atoms with Gasteiger partial charge in [0.1, 0.15) is 0 Å². The summed E-state index contributed by atoms with van der Waals surface area (Å²) >= 11 is 5.44. The number of aromatic nitrogens is 2. The fourth-order valence-electron chi connectivity index (χ4n) is 3.15. The Morgan fingerprint density at radius 1 is 1.23 bits per heavy atom. The molecular formula is C15H18F3N3S. The molecule has 0 N–H and O–H groups in total. The number of imidazole rings is 1. The minimum atomic E-state index is -4.11. The van der Waals surface area contributed by atoms with Gasteiger partial charge in [0.25, 0.3) is 0 Å². The smallest absolute Gasteiger partial charge is 0.320 e. The Kier molecular flexibility index (Phi) is 4.03. The molecule has 3 nitrogen and oxygen atoms in total. The Labute approximate surface area is 131 Å². The first-order valence-corrected chi connectivity index (χ1v) is 7.72. The van der Waals surface area contributed by atoms with Gasteiger partial charge in [-0.3, -0.25) is 4.90 Å². The fourth-order valence-corrected chi connectivity index (χ4v) is 3.41. The number of benzene rings is 1. The van der Waals surface area contributed by atoms with E-state index in [4.69, 9.17) is 12.2 Å². The number of hydrogen-bond acceptors (Lipinski definition) is 2. The highest BCUT2D eigenvalue weighted by atomic mass is 32.1. The van der Waals surface area contributed by atoms with Crippen LogP contribution in [0.5, 0.6) is 0 Å². The lowest BCUT2D eigenvalue weighted by atomic mass is 9.98. The maximum absolute atomic E-state index is 12.9. The standard InChI is InChI=1S/C15H18F3N3S/c1-19-12-6-2-3-7-13(12)21(14(19)22)10-20-8-4-5-11(9-20)15(16,17)18/h2-3,6-7,11H,4-5,8-10H2,1H3. The summed E-state index contributed by atoms with van der Waals surface area (Å²) in [5, 5.41) is 0. The van der Waals surface area contributed by atoms with Crippen LogP contribution in [0.2, 0.25) is 0 Å². The van der Waals surface area contributed by atoms with Gasteiger partial charge in [-0.05, 0) is 43.7 Å². The molecule has 1 unspecified atom stereocenters. The third kappa shape index (κ3) is 2.79. The second-order valence-electron chi connectivity index (χ2n) is 5.86. The topological polar surface area (TPSA) is 13.1 Å². The predicted molar refractivity (Wildman–Crippen MR) is 82.1 cm³/mol. The quantitative estimate of drug-likeness (QED) is 0.774. The van der Waals surface area contributed by atoms with E-state index in [-0.39, 0.29) is 13.0 Å².